The zero-order valence-electron chi connectivity index (χ0n) is 31.7. The number of rotatable bonds is 5. The largest absolute Gasteiger partial charge is 0.393 e. The van der Waals surface area contributed by atoms with Crippen LogP contribution in [-0.4, -0.2) is 128 Å². The highest BCUT2D eigenvalue weighted by Crippen LogP contribution is 2.54. The summed E-state index contributed by atoms with van der Waals surface area (Å²) >= 11 is 0. The smallest absolute Gasteiger partial charge is 0.168 e. The first-order valence-corrected chi connectivity index (χ1v) is 20.5. The number of Topliss-reactive ketones (excluding diaryl/α,β-unsaturated/α-hetero) is 1. The zero-order valence-corrected chi connectivity index (χ0v) is 31.7. The number of ether oxygens (including phenoxy) is 8. The molecule has 8 saturated heterocycles. The zero-order chi connectivity index (χ0) is 37.0. The van der Waals surface area contributed by atoms with E-state index < -0.39 is 18.0 Å². The molecule has 0 aromatic rings. The topological polar surface area (TPSA) is 157 Å². The Hall–Kier alpha value is -1.29. The van der Waals surface area contributed by atoms with E-state index in [1.54, 1.807) is 14.2 Å². The normalized spacial score (nSPS) is 49.6. The summed E-state index contributed by atoms with van der Waals surface area (Å²) < 4.78 is 51.9. The van der Waals surface area contributed by atoms with Gasteiger partial charge in [0, 0.05) is 77.0 Å². The monoisotopic (exact) mass is 745 g/mol. The molecule has 18 atom stereocenters. The summed E-state index contributed by atoms with van der Waals surface area (Å²) in [6.45, 7) is 9.14. The van der Waals surface area contributed by atoms with E-state index in [-0.39, 0.29) is 110 Å². The molecule has 53 heavy (non-hydrogen) atoms. The van der Waals surface area contributed by atoms with Gasteiger partial charge in [-0.15, -0.1) is 0 Å². The molecule has 0 spiro atoms. The first-order chi connectivity index (χ1) is 25.5. The summed E-state index contributed by atoms with van der Waals surface area (Å²) in [5.74, 6) is -1.63. The summed E-state index contributed by atoms with van der Waals surface area (Å²) in [6.07, 6.45) is 5.59. The summed E-state index contributed by atoms with van der Waals surface area (Å²) in [5.41, 5.74) is 8.16. The fourth-order valence-corrected chi connectivity index (χ4v) is 11.2. The van der Waals surface area contributed by atoms with Crippen molar-refractivity contribution in [2.24, 2.45) is 23.5 Å². The number of ketones is 1. The Morgan fingerprint density at radius 1 is 0.811 bits per heavy atom. The van der Waals surface area contributed by atoms with Gasteiger partial charge in [-0.25, -0.2) is 0 Å². The van der Waals surface area contributed by atoms with E-state index >= 15 is 0 Å². The Morgan fingerprint density at radius 2 is 1.60 bits per heavy atom. The Labute approximate surface area is 314 Å². The van der Waals surface area contributed by atoms with Crippen molar-refractivity contribution in [3.05, 3.63) is 24.3 Å². The summed E-state index contributed by atoms with van der Waals surface area (Å²) in [7, 11) is 3.35. The lowest BCUT2D eigenvalue weighted by molar-refractivity contribution is -0.369. The quantitative estimate of drug-likeness (QED) is 0.352. The molecular formula is C41H63NO11. The molecule has 0 aromatic heterocycles. The van der Waals surface area contributed by atoms with Crippen molar-refractivity contribution in [3.63, 3.8) is 0 Å². The van der Waals surface area contributed by atoms with E-state index in [0.717, 1.165) is 56.1 Å². The van der Waals surface area contributed by atoms with E-state index in [9.17, 15) is 15.0 Å². The highest BCUT2D eigenvalue weighted by molar-refractivity contribution is 5.79. The summed E-state index contributed by atoms with van der Waals surface area (Å²) in [6, 6.07) is 0. The van der Waals surface area contributed by atoms with Gasteiger partial charge in [0.1, 0.15) is 11.9 Å². The molecule has 2 unspecified atom stereocenters. The first-order valence-electron chi connectivity index (χ1n) is 20.5. The van der Waals surface area contributed by atoms with E-state index in [1.165, 1.54) is 0 Å². The number of carbonyl (C=O) groups excluding carboxylic acids is 1. The van der Waals surface area contributed by atoms with E-state index in [4.69, 9.17) is 43.6 Å². The van der Waals surface area contributed by atoms with Crippen molar-refractivity contribution in [2.75, 3.05) is 20.8 Å². The van der Waals surface area contributed by atoms with Crippen molar-refractivity contribution >= 4 is 5.78 Å². The molecule has 1 saturated carbocycles. The van der Waals surface area contributed by atoms with E-state index in [2.05, 4.69) is 13.2 Å². The first kappa shape index (κ1) is 38.6. The third-order valence-corrected chi connectivity index (χ3v) is 14.2. The van der Waals surface area contributed by atoms with Crippen molar-refractivity contribution in [3.8, 4) is 0 Å². The van der Waals surface area contributed by atoms with Crippen LogP contribution >= 0.6 is 0 Å². The van der Waals surface area contributed by atoms with Crippen LogP contribution < -0.4 is 5.73 Å². The highest BCUT2D eigenvalue weighted by atomic mass is 16.7. The number of fused-ring (bicyclic) bond motifs is 7. The van der Waals surface area contributed by atoms with Crippen molar-refractivity contribution in [1.29, 1.82) is 0 Å². The molecule has 8 aliphatic heterocycles. The number of aliphatic hydroxyl groups is 2. The molecule has 9 rings (SSSR count). The van der Waals surface area contributed by atoms with Gasteiger partial charge in [-0.3, -0.25) is 4.79 Å². The molecule has 4 N–H and O–H groups in total. The molecule has 298 valence electrons. The number of aliphatic hydroxyl groups excluding tert-OH is 1. The fraction of sp³-hybridized carbons (Fsp3) is 0.878. The van der Waals surface area contributed by atoms with Crippen LogP contribution in [0.1, 0.15) is 96.3 Å². The predicted octanol–water partition coefficient (Wildman–Crippen LogP) is 3.67. The molecule has 12 nitrogen and oxygen atoms in total. The standard InChI is InChI=1S/C41H63NO11/c1-21-5-6-24-7-9-32-22(2)13-26(49-32)11-12-41(45)19-31(44)28-17-30-37(28)52-33-10-8-25(50-40(33)39(30)53-41)14-23(43)15-29-35(18-34(21)48-24)51-36(38(29)47-4)16-27(20-42)46-3/h24-40,44-45H,1-2,5-20,42H2,3-4H3/t24-,25-,26+,27+,28+,29+,30?,31-,32+,33+,34-,35+,36-,37?,38-,39-,40+,41+/m1/s1. The molecular weight excluding hydrogens is 682 g/mol. The molecule has 0 amide bonds. The average molecular weight is 746 g/mol. The number of hydrogen-bond acceptors (Lipinski definition) is 12. The van der Waals surface area contributed by atoms with Crippen LogP contribution in [-0.2, 0) is 42.7 Å². The molecule has 1 aliphatic carbocycles. The summed E-state index contributed by atoms with van der Waals surface area (Å²) in [5, 5.41) is 23.3. The van der Waals surface area contributed by atoms with Crippen LogP contribution in [0.3, 0.4) is 0 Å². The maximum absolute atomic E-state index is 14.1. The van der Waals surface area contributed by atoms with Gasteiger partial charge >= 0.3 is 0 Å². The van der Waals surface area contributed by atoms with Gasteiger partial charge in [0.05, 0.1) is 79.4 Å². The molecule has 9 aliphatic rings. The molecule has 11 bridgehead atoms. The Balaban J connectivity index is 1.06. The molecule has 0 radical (unpaired) electrons. The number of carbonyl (C=O) groups is 1. The van der Waals surface area contributed by atoms with Gasteiger partial charge in [-0.05, 0) is 68.9 Å². The third kappa shape index (κ3) is 7.86. The van der Waals surface area contributed by atoms with Crippen LogP contribution in [0, 0.1) is 17.8 Å². The van der Waals surface area contributed by atoms with Gasteiger partial charge in [-0.2, -0.15) is 0 Å². The predicted molar refractivity (Wildman–Crippen MR) is 193 cm³/mol. The average Bonchev–Trinajstić information content (AvgIpc) is 3.64. The lowest BCUT2D eigenvalue weighted by atomic mass is 9.61. The molecule has 12 heteroatoms. The maximum atomic E-state index is 14.1. The Morgan fingerprint density at radius 3 is 2.40 bits per heavy atom. The minimum Gasteiger partial charge on any atom is -0.393 e. The van der Waals surface area contributed by atoms with Crippen LogP contribution in [0.15, 0.2) is 24.3 Å². The highest BCUT2D eigenvalue weighted by Gasteiger charge is 2.62. The number of methoxy groups -OCH3 is 2. The Bertz CT molecular complexity index is 1340. The lowest BCUT2D eigenvalue weighted by Crippen LogP contribution is -2.70. The second-order valence-electron chi connectivity index (χ2n) is 17.6. The number of nitrogens with two attached hydrogens (primary N) is 1. The number of hydrogen-bond donors (Lipinski definition) is 3. The Kier molecular flexibility index (Phi) is 11.6. The van der Waals surface area contributed by atoms with Crippen LogP contribution in [0.4, 0.5) is 0 Å². The third-order valence-electron chi connectivity index (χ3n) is 14.2. The van der Waals surface area contributed by atoms with Gasteiger partial charge in [0.25, 0.3) is 0 Å². The van der Waals surface area contributed by atoms with Crippen LogP contribution in [0.5, 0.6) is 0 Å². The lowest BCUT2D eigenvalue weighted by Gasteiger charge is -2.61. The van der Waals surface area contributed by atoms with Crippen molar-refractivity contribution in [1.82, 2.24) is 0 Å². The van der Waals surface area contributed by atoms with Crippen LogP contribution in [0.25, 0.3) is 0 Å². The second kappa shape index (κ2) is 15.9. The fourth-order valence-electron chi connectivity index (χ4n) is 11.2. The van der Waals surface area contributed by atoms with E-state index in [1.807, 2.05) is 0 Å². The second-order valence-corrected chi connectivity index (χ2v) is 17.6. The summed E-state index contributed by atoms with van der Waals surface area (Å²) in [4.78, 5) is 14.1. The SMILES string of the molecule is C=C1C[C@@H]2CC[C@@]3(O)C[C@@H](O)[C@@H]4CC5C4O[C@H]4CC[C@H](CC(=O)C[C@@H]6[C@@H](OC)[C@@H](C[C@@H](CN)OC)O[C@H]6C[C@H]6O[C@H](CCC6=C)CC[C@@H]1O2)O[C@@H]4[C@@H]5O3. The van der Waals surface area contributed by atoms with Crippen molar-refractivity contribution < 1.29 is 52.9 Å². The minimum absolute atomic E-state index is 0.0197. The van der Waals surface area contributed by atoms with Gasteiger partial charge in [-0.1, -0.05) is 13.2 Å². The van der Waals surface area contributed by atoms with Gasteiger partial charge in [0.2, 0.25) is 0 Å². The maximum Gasteiger partial charge on any atom is 0.168 e. The minimum atomic E-state index is -1.53. The van der Waals surface area contributed by atoms with Gasteiger partial charge < -0.3 is 53.8 Å². The molecule has 0 aromatic carbocycles. The van der Waals surface area contributed by atoms with Gasteiger partial charge in [0.15, 0.2) is 5.79 Å². The van der Waals surface area contributed by atoms with Crippen LogP contribution in [0.2, 0.25) is 0 Å². The molecule has 8 heterocycles. The van der Waals surface area contributed by atoms with Crippen molar-refractivity contribution in [2.45, 2.75) is 188 Å². The molecule has 9 fully saturated rings. The van der Waals surface area contributed by atoms with E-state index in [0.29, 0.717) is 45.1 Å².